The molecule has 0 aromatic heterocycles. The molecule has 19 heavy (non-hydrogen) atoms. The molecule has 0 aliphatic rings. The molecule has 0 amide bonds. The second-order valence-corrected chi connectivity index (χ2v) is 5.19. The van der Waals surface area contributed by atoms with E-state index in [9.17, 15) is 0 Å². The van der Waals surface area contributed by atoms with Gasteiger partial charge in [-0.05, 0) is 66.8 Å². The van der Waals surface area contributed by atoms with E-state index in [4.69, 9.17) is 23.2 Å². The SMILES string of the molecule is CC.Cc1cc(Cl)ccc1Cc1ccc(Cl)cc1C. The Kier molecular flexibility index (Phi) is 6.41. The van der Waals surface area contributed by atoms with Crippen molar-refractivity contribution in [3.63, 3.8) is 0 Å². The quantitative estimate of drug-likeness (QED) is 0.616. The van der Waals surface area contributed by atoms with E-state index in [1.54, 1.807) is 0 Å². The van der Waals surface area contributed by atoms with Crippen molar-refractivity contribution in [3.8, 4) is 0 Å². The molecule has 0 aliphatic carbocycles. The minimum atomic E-state index is 0.791. The molecular weight excluding hydrogens is 275 g/mol. The molecule has 0 bridgehead atoms. The van der Waals surface area contributed by atoms with Gasteiger partial charge in [0.25, 0.3) is 0 Å². The fraction of sp³-hybridized carbons (Fsp3) is 0.294. The smallest absolute Gasteiger partial charge is 0.0408 e. The van der Waals surface area contributed by atoms with Crippen molar-refractivity contribution in [2.45, 2.75) is 34.1 Å². The highest BCUT2D eigenvalue weighted by atomic mass is 35.5. The second kappa shape index (κ2) is 7.57. The van der Waals surface area contributed by atoms with E-state index in [-0.39, 0.29) is 0 Å². The first-order valence-corrected chi connectivity index (χ1v) is 7.32. The summed E-state index contributed by atoms with van der Waals surface area (Å²) in [6.45, 7) is 8.18. The monoisotopic (exact) mass is 294 g/mol. The number of rotatable bonds is 2. The summed E-state index contributed by atoms with van der Waals surface area (Å²) in [5, 5.41) is 1.58. The molecule has 0 aliphatic heterocycles. The van der Waals surface area contributed by atoms with Crippen LogP contribution < -0.4 is 0 Å². The highest BCUT2D eigenvalue weighted by Crippen LogP contribution is 2.22. The molecule has 0 atom stereocenters. The summed E-state index contributed by atoms with van der Waals surface area (Å²) in [6, 6.07) is 12.1. The van der Waals surface area contributed by atoms with Gasteiger partial charge in [-0.3, -0.25) is 0 Å². The van der Waals surface area contributed by atoms with E-state index in [0.29, 0.717) is 0 Å². The summed E-state index contributed by atoms with van der Waals surface area (Å²) in [6.07, 6.45) is 0.923. The predicted molar refractivity (Wildman–Crippen MR) is 86.5 cm³/mol. The van der Waals surface area contributed by atoms with Crippen molar-refractivity contribution in [2.24, 2.45) is 0 Å². The van der Waals surface area contributed by atoms with Crippen LogP contribution in [-0.4, -0.2) is 0 Å². The van der Waals surface area contributed by atoms with Gasteiger partial charge in [-0.15, -0.1) is 0 Å². The first-order chi connectivity index (χ1) is 9.06. The van der Waals surface area contributed by atoms with Gasteiger partial charge >= 0.3 is 0 Å². The third-order valence-corrected chi connectivity index (χ3v) is 3.46. The van der Waals surface area contributed by atoms with Gasteiger partial charge in [0.05, 0.1) is 0 Å². The first-order valence-electron chi connectivity index (χ1n) is 6.56. The topological polar surface area (TPSA) is 0 Å². The van der Waals surface area contributed by atoms with Crippen LogP contribution in [0.4, 0.5) is 0 Å². The van der Waals surface area contributed by atoms with Gasteiger partial charge in [0.15, 0.2) is 0 Å². The Morgan fingerprint density at radius 1 is 0.737 bits per heavy atom. The van der Waals surface area contributed by atoms with E-state index >= 15 is 0 Å². The summed E-state index contributed by atoms with van der Waals surface area (Å²) in [5.74, 6) is 0. The number of hydrogen-bond acceptors (Lipinski definition) is 0. The predicted octanol–water partition coefficient (Wildman–Crippen LogP) is 6.23. The van der Waals surface area contributed by atoms with Gasteiger partial charge < -0.3 is 0 Å². The van der Waals surface area contributed by atoms with Gasteiger partial charge in [0, 0.05) is 10.0 Å². The lowest BCUT2D eigenvalue weighted by atomic mass is 9.98. The number of aryl methyl sites for hydroxylation is 2. The van der Waals surface area contributed by atoms with Crippen LogP contribution in [0.2, 0.25) is 10.0 Å². The first kappa shape index (κ1) is 16.1. The third kappa shape index (κ3) is 4.56. The van der Waals surface area contributed by atoms with E-state index < -0.39 is 0 Å². The number of hydrogen-bond donors (Lipinski definition) is 0. The molecule has 2 rings (SSSR count). The van der Waals surface area contributed by atoms with Crippen LogP contribution in [-0.2, 0) is 6.42 Å². The van der Waals surface area contributed by atoms with Crippen molar-refractivity contribution in [1.82, 2.24) is 0 Å². The zero-order valence-electron chi connectivity index (χ0n) is 11.9. The van der Waals surface area contributed by atoms with Crippen molar-refractivity contribution in [1.29, 1.82) is 0 Å². The molecule has 0 N–H and O–H groups in total. The average Bonchev–Trinajstić information content (AvgIpc) is 2.38. The van der Waals surface area contributed by atoms with Crippen LogP contribution in [0.5, 0.6) is 0 Å². The molecule has 2 aromatic rings. The minimum absolute atomic E-state index is 0.791. The van der Waals surface area contributed by atoms with E-state index in [1.165, 1.54) is 22.3 Å². The minimum Gasteiger partial charge on any atom is -0.0843 e. The molecule has 0 saturated carbocycles. The van der Waals surface area contributed by atoms with E-state index in [1.807, 2.05) is 38.1 Å². The molecule has 0 saturated heterocycles. The molecular formula is C17H20Cl2. The lowest BCUT2D eigenvalue weighted by molar-refractivity contribution is 1.13. The van der Waals surface area contributed by atoms with Crippen molar-refractivity contribution in [3.05, 3.63) is 68.7 Å². The molecule has 0 fully saturated rings. The molecule has 102 valence electrons. The summed E-state index contributed by atoms with van der Waals surface area (Å²) in [7, 11) is 0. The van der Waals surface area contributed by atoms with Crippen LogP contribution in [0.25, 0.3) is 0 Å². The van der Waals surface area contributed by atoms with Gasteiger partial charge in [-0.1, -0.05) is 49.2 Å². The lowest BCUT2D eigenvalue weighted by Crippen LogP contribution is -1.94. The van der Waals surface area contributed by atoms with Gasteiger partial charge in [-0.2, -0.15) is 0 Å². The van der Waals surface area contributed by atoms with Crippen molar-refractivity contribution in [2.75, 3.05) is 0 Å². The lowest BCUT2D eigenvalue weighted by Gasteiger charge is -2.09. The summed E-state index contributed by atoms with van der Waals surface area (Å²) >= 11 is 11.9. The summed E-state index contributed by atoms with van der Waals surface area (Å²) in [4.78, 5) is 0. The molecule has 2 heteroatoms. The normalized spacial score (nSPS) is 9.79. The average molecular weight is 295 g/mol. The summed E-state index contributed by atoms with van der Waals surface area (Å²) < 4.78 is 0. The standard InChI is InChI=1S/C15H14Cl2.C2H6/c1-10-7-14(16)5-3-12(10)9-13-4-6-15(17)8-11(13)2;1-2/h3-8H,9H2,1-2H3;1-2H3. The highest BCUT2D eigenvalue weighted by molar-refractivity contribution is 6.30. The zero-order chi connectivity index (χ0) is 14.4. The van der Waals surface area contributed by atoms with E-state index in [2.05, 4.69) is 26.0 Å². The summed E-state index contributed by atoms with van der Waals surface area (Å²) in [5.41, 5.74) is 5.07. The Morgan fingerprint density at radius 3 is 1.42 bits per heavy atom. The zero-order valence-corrected chi connectivity index (χ0v) is 13.4. The Balaban J connectivity index is 0.000000861. The maximum atomic E-state index is 5.95. The molecule has 0 heterocycles. The Bertz CT molecular complexity index is 495. The fourth-order valence-electron chi connectivity index (χ4n) is 1.92. The number of benzene rings is 2. The third-order valence-electron chi connectivity index (χ3n) is 2.99. The van der Waals surface area contributed by atoms with Crippen LogP contribution in [0.1, 0.15) is 36.1 Å². The maximum absolute atomic E-state index is 5.95. The van der Waals surface area contributed by atoms with Gasteiger partial charge in [0.1, 0.15) is 0 Å². The largest absolute Gasteiger partial charge is 0.0843 e. The van der Waals surface area contributed by atoms with Crippen LogP contribution in [0.3, 0.4) is 0 Å². The molecule has 0 nitrogen and oxygen atoms in total. The second-order valence-electron chi connectivity index (χ2n) is 4.32. The molecule has 0 radical (unpaired) electrons. The fourth-order valence-corrected chi connectivity index (χ4v) is 2.37. The van der Waals surface area contributed by atoms with E-state index in [0.717, 1.165) is 16.5 Å². The van der Waals surface area contributed by atoms with Crippen LogP contribution >= 0.6 is 23.2 Å². The molecule has 0 spiro atoms. The Morgan fingerprint density at radius 2 is 1.11 bits per heavy atom. The van der Waals surface area contributed by atoms with Gasteiger partial charge in [0.2, 0.25) is 0 Å². The van der Waals surface area contributed by atoms with Crippen LogP contribution in [0.15, 0.2) is 36.4 Å². The Labute approximate surface area is 126 Å². The van der Waals surface area contributed by atoms with Crippen LogP contribution in [0, 0.1) is 13.8 Å². The Hall–Kier alpha value is -0.980. The van der Waals surface area contributed by atoms with Crippen molar-refractivity contribution < 1.29 is 0 Å². The molecule has 2 aromatic carbocycles. The maximum Gasteiger partial charge on any atom is 0.0408 e. The van der Waals surface area contributed by atoms with Crippen molar-refractivity contribution >= 4 is 23.2 Å². The number of halogens is 2. The van der Waals surface area contributed by atoms with Gasteiger partial charge in [-0.25, -0.2) is 0 Å². The highest BCUT2D eigenvalue weighted by Gasteiger charge is 2.04. The molecule has 0 unspecified atom stereocenters.